The van der Waals surface area contributed by atoms with E-state index >= 15 is 0 Å². The van der Waals surface area contributed by atoms with Gasteiger partial charge in [-0.2, -0.15) is 5.10 Å². The molecule has 1 aliphatic carbocycles. The Hall–Kier alpha value is -2.06. The Balaban J connectivity index is 1.80. The summed E-state index contributed by atoms with van der Waals surface area (Å²) in [4.78, 5) is 13.3. The monoisotopic (exact) mass is 466 g/mol. The minimum absolute atomic E-state index is 0.225. The number of hydrogen-bond donors (Lipinski definition) is 2. The zero-order valence-electron chi connectivity index (χ0n) is 16.3. The lowest BCUT2D eigenvalue weighted by Crippen LogP contribution is -2.43. The van der Waals surface area contributed by atoms with E-state index < -0.39 is 0 Å². The Morgan fingerprint density at radius 2 is 2.07 bits per heavy atom. The molecule has 2 aromatic rings. The molecule has 0 spiro atoms. The van der Waals surface area contributed by atoms with Gasteiger partial charge in [0.25, 0.3) is 5.91 Å². The van der Waals surface area contributed by atoms with E-state index in [0.29, 0.717) is 45.6 Å². The molecule has 9 heteroatoms. The SMILES string of the molecule is CCn1ncc(Cl)c1C1=C(Cl)C=C(C(=O)N[C@H](CN)Cc2ccc(F)cc2)C(=S)C1. The van der Waals surface area contributed by atoms with Crippen molar-refractivity contribution in [1.29, 1.82) is 0 Å². The quantitative estimate of drug-likeness (QED) is 0.604. The molecule has 1 heterocycles. The van der Waals surface area contributed by atoms with Crippen molar-refractivity contribution < 1.29 is 9.18 Å². The van der Waals surface area contributed by atoms with Gasteiger partial charge in [-0.3, -0.25) is 9.48 Å². The number of hydrogen-bond acceptors (Lipinski definition) is 4. The molecule has 0 bridgehead atoms. The number of carbonyl (C=O) groups is 1. The topological polar surface area (TPSA) is 72.9 Å². The Labute approximate surface area is 189 Å². The summed E-state index contributed by atoms with van der Waals surface area (Å²) in [7, 11) is 0. The predicted molar refractivity (Wildman–Crippen MR) is 122 cm³/mol. The minimum atomic E-state index is -0.343. The van der Waals surface area contributed by atoms with Gasteiger partial charge in [-0.1, -0.05) is 47.6 Å². The standard InChI is InChI=1S/C21H21Cl2FN4OS/c1-2-28-20(18(23)11-26-28)15-9-19(30)16(8-17(15)22)21(29)27-14(10-25)7-12-3-5-13(24)6-4-12/h3-6,8,11,14H,2,7,9-10,25H2,1H3,(H,27,29)/t14-/m0/s1. The average molecular weight is 467 g/mol. The molecule has 3 N–H and O–H groups in total. The highest BCUT2D eigenvalue weighted by Gasteiger charge is 2.27. The van der Waals surface area contributed by atoms with Crippen molar-refractivity contribution in [2.75, 3.05) is 6.54 Å². The molecule has 3 rings (SSSR count). The van der Waals surface area contributed by atoms with Gasteiger partial charge in [-0.25, -0.2) is 4.39 Å². The average Bonchev–Trinajstić information content (AvgIpc) is 3.10. The van der Waals surface area contributed by atoms with Crippen LogP contribution in [0.1, 0.15) is 24.6 Å². The van der Waals surface area contributed by atoms with Crippen molar-refractivity contribution in [2.24, 2.45) is 5.73 Å². The summed E-state index contributed by atoms with van der Waals surface area (Å²) < 4.78 is 14.8. The zero-order valence-corrected chi connectivity index (χ0v) is 18.6. The van der Waals surface area contributed by atoms with E-state index in [1.54, 1.807) is 29.1 Å². The molecule has 158 valence electrons. The van der Waals surface area contributed by atoms with Crippen LogP contribution in [0.25, 0.3) is 5.57 Å². The Bertz CT molecular complexity index is 1030. The van der Waals surface area contributed by atoms with Crippen LogP contribution in [0.2, 0.25) is 5.02 Å². The predicted octanol–water partition coefficient (Wildman–Crippen LogP) is 4.03. The summed E-state index contributed by atoms with van der Waals surface area (Å²) in [5, 5.41) is 8.01. The molecule has 0 radical (unpaired) electrons. The van der Waals surface area contributed by atoms with Gasteiger partial charge in [0.2, 0.25) is 0 Å². The molecule has 30 heavy (non-hydrogen) atoms. The number of carbonyl (C=O) groups excluding carboxylic acids is 1. The molecule has 0 aliphatic heterocycles. The van der Waals surface area contributed by atoms with Crippen molar-refractivity contribution in [3.8, 4) is 0 Å². The number of thiocarbonyl (C=S) groups is 1. The summed E-state index contributed by atoms with van der Waals surface area (Å²) in [6.07, 6.45) is 3.91. The van der Waals surface area contributed by atoms with Crippen LogP contribution in [0.4, 0.5) is 4.39 Å². The number of rotatable bonds is 7. The number of allylic oxidation sites excluding steroid dienone is 3. The lowest BCUT2D eigenvalue weighted by atomic mass is 9.94. The summed E-state index contributed by atoms with van der Waals surface area (Å²) >= 11 is 18.3. The smallest absolute Gasteiger partial charge is 0.252 e. The number of aryl methyl sites for hydroxylation is 1. The maximum Gasteiger partial charge on any atom is 0.252 e. The van der Waals surface area contributed by atoms with Gasteiger partial charge in [0.15, 0.2) is 0 Å². The number of nitrogens with two attached hydrogens (primary N) is 1. The fourth-order valence-electron chi connectivity index (χ4n) is 3.29. The largest absolute Gasteiger partial charge is 0.348 e. The van der Waals surface area contributed by atoms with E-state index in [1.807, 2.05) is 6.92 Å². The third-order valence-corrected chi connectivity index (χ3v) is 5.82. The highest BCUT2D eigenvalue weighted by Crippen LogP contribution is 2.36. The summed E-state index contributed by atoms with van der Waals surface area (Å²) in [5.41, 5.74) is 8.47. The maximum absolute atomic E-state index is 13.1. The lowest BCUT2D eigenvalue weighted by molar-refractivity contribution is -0.117. The lowest BCUT2D eigenvalue weighted by Gasteiger charge is -2.22. The van der Waals surface area contributed by atoms with Crippen LogP contribution < -0.4 is 11.1 Å². The fraction of sp³-hybridized carbons (Fsp3) is 0.286. The van der Waals surface area contributed by atoms with E-state index in [0.717, 1.165) is 11.1 Å². The highest BCUT2D eigenvalue weighted by molar-refractivity contribution is 7.81. The second-order valence-corrected chi connectivity index (χ2v) is 8.19. The number of benzene rings is 1. The number of halogens is 3. The molecular weight excluding hydrogens is 446 g/mol. The molecule has 5 nitrogen and oxygen atoms in total. The number of amides is 1. The van der Waals surface area contributed by atoms with Crippen molar-refractivity contribution in [2.45, 2.75) is 32.4 Å². The molecule has 1 atom stereocenters. The van der Waals surface area contributed by atoms with Gasteiger partial charge in [0.1, 0.15) is 5.82 Å². The first-order chi connectivity index (χ1) is 14.3. The van der Waals surface area contributed by atoms with Crippen LogP contribution in [0.5, 0.6) is 0 Å². The first-order valence-electron chi connectivity index (χ1n) is 9.44. The number of aromatic nitrogens is 2. The Kier molecular flexibility index (Phi) is 7.41. The number of nitrogens with zero attached hydrogens (tertiary/aromatic N) is 2. The Morgan fingerprint density at radius 3 is 2.70 bits per heavy atom. The minimum Gasteiger partial charge on any atom is -0.348 e. The van der Waals surface area contributed by atoms with Crippen LogP contribution in [0, 0.1) is 5.82 Å². The molecular formula is C21H21Cl2FN4OS. The summed E-state index contributed by atoms with van der Waals surface area (Å²) in [5.74, 6) is -0.656. The van der Waals surface area contributed by atoms with E-state index in [4.69, 9.17) is 41.2 Å². The van der Waals surface area contributed by atoms with E-state index in [-0.39, 0.29) is 24.3 Å². The highest BCUT2D eigenvalue weighted by atomic mass is 35.5. The first-order valence-corrected chi connectivity index (χ1v) is 10.6. The fourth-order valence-corrected chi connectivity index (χ4v) is 4.10. The Morgan fingerprint density at radius 1 is 1.37 bits per heavy atom. The van der Waals surface area contributed by atoms with Gasteiger partial charge in [-0.15, -0.1) is 0 Å². The number of nitrogens with one attached hydrogen (secondary N) is 1. The molecule has 0 fully saturated rings. The van der Waals surface area contributed by atoms with Crippen LogP contribution >= 0.6 is 35.4 Å². The van der Waals surface area contributed by atoms with Crippen molar-refractivity contribution in [3.63, 3.8) is 0 Å². The molecule has 1 aliphatic rings. The van der Waals surface area contributed by atoms with Crippen LogP contribution in [0.15, 0.2) is 47.1 Å². The summed E-state index contributed by atoms with van der Waals surface area (Å²) in [6, 6.07) is 5.76. The molecule has 1 aromatic carbocycles. The molecule has 0 unspecified atom stereocenters. The van der Waals surface area contributed by atoms with Gasteiger partial charge in [0, 0.05) is 41.0 Å². The van der Waals surface area contributed by atoms with Gasteiger partial charge >= 0.3 is 0 Å². The van der Waals surface area contributed by atoms with Gasteiger partial charge in [0.05, 0.1) is 22.5 Å². The van der Waals surface area contributed by atoms with Gasteiger partial charge in [-0.05, 0) is 37.1 Å². The molecule has 1 amide bonds. The molecule has 1 aromatic heterocycles. The summed E-state index contributed by atoms with van der Waals surface area (Å²) in [6.45, 7) is 2.80. The van der Waals surface area contributed by atoms with E-state index in [9.17, 15) is 9.18 Å². The first kappa shape index (κ1) is 22.6. The second kappa shape index (κ2) is 9.83. The third kappa shape index (κ3) is 4.98. The zero-order chi connectivity index (χ0) is 21.8. The van der Waals surface area contributed by atoms with Crippen LogP contribution in [-0.4, -0.2) is 33.1 Å². The van der Waals surface area contributed by atoms with Crippen molar-refractivity contribution in [3.05, 3.63) is 69.2 Å². The second-order valence-electron chi connectivity index (χ2n) is 6.88. The van der Waals surface area contributed by atoms with Gasteiger partial charge < -0.3 is 11.1 Å². The molecule has 0 saturated carbocycles. The maximum atomic E-state index is 13.1. The van der Waals surface area contributed by atoms with Crippen LogP contribution in [0.3, 0.4) is 0 Å². The van der Waals surface area contributed by atoms with E-state index in [1.165, 1.54) is 12.1 Å². The normalized spacial score (nSPS) is 15.2. The van der Waals surface area contributed by atoms with Crippen molar-refractivity contribution in [1.82, 2.24) is 15.1 Å². The van der Waals surface area contributed by atoms with E-state index in [2.05, 4.69) is 10.4 Å². The molecule has 0 saturated heterocycles. The van der Waals surface area contributed by atoms with Crippen LogP contribution in [-0.2, 0) is 17.8 Å². The van der Waals surface area contributed by atoms with Crippen molar-refractivity contribution >= 4 is 51.8 Å². The third-order valence-electron chi connectivity index (χ3n) is 4.84.